The summed E-state index contributed by atoms with van der Waals surface area (Å²) in [5.41, 5.74) is 1.54. The number of hydrogen-bond donors (Lipinski definition) is 0. The van der Waals surface area contributed by atoms with Crippen LogP contribution in [0.4, 0.5) is 0 Å². The Kier molecular flexibility index (Phi) is 4.53. The normalized spacial score (nSPS) is 10.6. The number of ether oxygens (including phenoxy) is 1. The minimum atomic E-state index is 0.342. The van der Waals surface area contributed by atoms with Gasteiger partial charge in [-0.3, -0.25) is 0 Å². The van der Waals surface area contributed by atoms with E-state index in [1.807, 2.05) is 31.2 Å². The third kappa shape index (κ3) is 3.19. The SMILES string of the molecule is CCOCc1nc(Cl)cc(-c2ccccc2Cl)n1. The van der Waals surface area contributed by atoms with Crippen molar-refractivity contribution < 1.29 is 4.74 Å². The molecule has 0 bridgehead atoms. The predicted octanol–water partition coefficient (Wildman–Crippen LogP) is 3.99. The maximum atomic E-state index is 6.13. The highest BCUT2D eigenvalue weighted by Crippen LogP contribution is 2.27. The third-order valence-electron chi connectivity index (χ3n) is 2.33. The van der Waals surface area contributed by atoms with Crippen LogP contribution >= 0.6 is 23.2 Å². The summed E-state index contributed by atoms with van der Waals surface area (Å²) in [5, 5.41) is 1.02. The van der Waals surface area contributed by atoms with Crippen molar-refractivity contribution >= 4 is 23.2 Å². The lowest BCUT2D eigenvalue weighted by molar-refractivity contribution is 0.128. The Labute approximate surface area is 116 Å². The minimum absolute atomic E-state index is 0.342. The maximum absolute atomic E-state index is 6.13. The van der Waals surface area contributed by atoms with Gasteiger partial charge in [-0.1, -0.05) is 41.4 Å². The number of nitrogens with zero attached hydrogens (tertiary/aromatic N) is 2. The van der Waals surface area contributed by atoms with E-state index in [4.69, 9.17) is 27.9 Å². The van der Waals surface area contributed by atoms with E-state index in [-0.39, 0.29) is 0 Å². The Morgan fingerprint density at radius 3 is 2.67 bits per heavy atom. The van der Waals surface area contributed by atoms with Crippen molar-refractivity contribution in [3.05, 3.63) is 46.3 Å². The Hall–Kier alpha value is -1.16. The second kappa shape index (κ2) is 6.14. The second-order valence-corrected chi connectivity index (χ2v) is 4.40. The van der Waals surface area contributed by atoms with Crippen LogP contribution in [-0.2, 0) is 11.3 Å². The molecule has 0 N–H and O–H groups in total. The first-order chi connectivity index (χ1) is 8.70. The molecule has 1 aromatic heterocycles. The Bertz CT molecular complexity index is 546. The van der Waals surface area contributed by atoms with E-state index in [0.29, 0.717) is 34.9 Å². The van der Waals surface area contributed by atoms with E-state index in [2.05, 4.69) is 9.97 Å². The molecule has 1 aromatic carbocycles. The first-order valence-electron chi connectivity index (χ1n) is 5.57. The van der Waals surface area contributed by atoms with Gasteiger partial charge in [0.15, 0.2) is 5.82 Å². The summed E-state index contributed by atoms with van der Waals surface area (Å²) < 4.78 is 5.28. The van der Waals surface area contributed by atoms with Crippen molar-refractivity contribution in [2.24, 2.45) is 0 Å². The topological polar surface area (TPSA) is 35.0 Å². The third-order valence-corrected chi connectivity index (χ3v) is 2.85. The van der Waals surface area contributed by atoms with Crippen LogP contribution in [-0.4, -0.2) is 16.6 Å². The monoisotopic (exact) mass is 282 g/mol. The van der Waals surface area contributed by atoms with Gasteiger partial charge < -0.3 is 4.74 Å². The molecule has 0 aliphatic carbocycles. The quantitative estimate of drug-likeness (QED) is 0.796. The van der Waals surface area contributed by atoms with Gasteiger partial charge >= 0.3 is 0 Å². The van der Waals surface area contributed by atoms with Gasteiger partial charge in [0, 0.05) is 23.3 Å². The molecular formula is C13H12Cl2N2O. The van der Waals surface area contributed by atoms with Gasteiger partial charge in [0.1, 0.15) is 11.8 Å². The van der Waals surface area contributed by atoms with Gasteiger partial charge in [0.05, 0.1) is 5.69 Å². The van der Waals surface area contributed by atoms with E-state index in [9.17, 15) is 0 Å². The van der Waals surface area contributed by atoms with E-state index in [0.717, 1.165) is 5.56 Å². The summed E-state index contributed by atoms with van der Waals surface area (Å²) in [4.78, 5) is 8.51. The first kappa shape index (κ1) is 13.3. The van der Waals surface area contributed by atoms with Crippen LogP contribution in [0.5, 0.6) is 0 Å². The van der Waals surface area contributed by atoms with Crippen molar-refractivity contribution in [3.8, 4) is 11.3 Å². The molecule has 18 heavy (non-hydrogen) atoms. The van der Waals surface area contributed by atoms with Crippen molar-refractivity contribution in [1.82, 2.24) is 9.97 Å². The van der Waals surface area contributed by atoms with E-state index in [1.165, 1.54) is 0 Å². The van der Waals surface area contributed by atoms with E-state index in [1.54, 1.807) is 6.07 Å². The minimum Gasteiger partial charge on any atom is -0.374 e. The van der Waals surface area contributed by atoms with Gasteiger partial charge in [0.25, 0.3) is 0 Å². The molecule has 0 saturated heterocycles. The van der Waals surface area contributed by atoms with Crippen molar-refractivity contribution in [3.63, 3.8) is 0 Å². The molecule has 0 aliphatic heterocycles. The summed E-state index contributed by atoms with van der Waals surface area (Å²) >= 11 is 12.1. The zero-order valence-corrected chi connectivity index (χ0v) is 11.4. The van der Waals surface area contributed by atoms with Crippen LogP contribution in [0.2, 0.25) is 10.2 Å². The van der Waals surface area contributed by atoms with Crippen LogP contribution in [0.15, 0.2) is 30.3 Å². The average molecular weight is 283 g/mol. The van der Waals surface area contributed by atoms with Crippen LogP contribution in [0.1, 0.15) is 12.7 Å². The van der Waals surface area contributed by atoms with Crippen LogP contribution in [0, 0.1) is 0 Å². The molecule has 94 valence electrons. The van der Waals surface area contributed by atoms with Crippen LogP contribution < -0.4 is 0 Å². The van der Waals surface area contributed by atoms with Gasteiger partial charge in [-0.05, 0) is 13.0 Å². The van der Waals surface area contributed by atoms with Gasteiger partial charge in [-0.15, -0.1) is 0 Å². The lowest BCUT2D eigenvalue weighted by atomic mass is 10.1. The molecule has 2 rings (SSSR count). The summed E-state index contributed by atoms with van der Waals surface area (Å²) in [6, 6.07) is 9.17. The lowest BCUT2D eigenvalue weighted by Crippen LogP contribution is -2.00. The highest BCUT2D eigenvalue weighted by molar-refractivity contribution is 6.33. The molecule has 0 radical (unpaired) electrons. The first-order valence-corrected chi connectivity index (χ1v) is 6.32. The number of hydrogen-bond acceptors (Lipinski definition) is 3. The second-order valence-electron chi connectivity index (χ2n) is 3.61. The van der Waals surface area contributed by atoms with Crippen molar-refractivity contribution in [2.75, 3.05) is 6.61 Å². The highest BCUT2D eigenvalue weighted by Gasteiger charge is 2.08. The molecule has 0 unspecified atom stereocenters. The molecule has 1 heterocycles. The molecule has 0 aliphatic rings. The number of aromatic nitrogens is 2. The fourth-order valence-electron chi connectivity index (χ4n) is 1.53. The van der Waals surface area contributed by atoms with Gasteiger partial charge in [0.2, 0.25) is 0 Å². The smallest absolute Gasteiger partial charge is 0.156 e. The summed E-state index contributed by atoms with van der Waals surface area (Å²) in [7, 11) is 0. The number of halogens is 2. The zero-order valence-electron chi connectivity index (χ0n) is 9.86. The zero-order chi connectivity index (χ0) is 13.0. The fraction of sp³-hybridized carbons (Fsp3) is 0.231. The number of benzene rings is 1. The predicted molar refractivity (Wildman–Crippen MR) is 72.8 cm³/mol. The molecule has 3 nitrogen and oxygen atoms in total. The molecule has 5 heteroatoms. The fourth-order valence-corrected chi connectivity index (χ4v) is 1.96. The molecule has 0 atom stereocenters. The van der Waals surface area contributed by atoms with Crippen molar-refractivity contribution in [1.29, 1.82) is 0 Å². The average Bonchev–Trinajstić information content (AvgIpc) is 2.36. The molecule has 0 spiro atoms. The van der Waals surface area contributed by atoms with Crippen molar-refractivity contribution in [2.45, 2.75) is 13.5 Å². The molecule has 2 aromatic rings. The molecule has 0 amide bonds. The highest BCUT2D eigenvalue weighted by atomic mass is 35.5. The Balaban J connectivity index is 2.39. The van der Waals surface area contributed by atoms with Gasteiger partial charge in [-0.2, -0.15) is 0 Å². The Morgan fingerprint density at radius 2 is 1.94 bits per heavy atom. The van der Waals surface area contributed by atoms with Crippen LogP contribution in [0.3, 0.4) is 0 Å². The Morgan fingerprint density at radius 1 is 1.17 bits per heavy atom. The van der Waals surface area contributed by atoms with Gasteiger partial charge in [-0.25, -0.2) is 9.97 Å². The van der Waals surface area contributed by atoms with E-state index >= 15 is 0 Å². The lowest BCUT2D eigenvalue weighted by Gasteiger charge is -2.06. The summed E-state index contributed by atoms with van der Waals surface area (Å²) in [5.74, 6) is 0.555. The van der Waals surface area contributed by atoms with Crippen LogP contribution in [0.25, 0.3) is 11.3 Å². The molecule has 0 saturated carbocycles. The molecule has 0 fully saturated rings. The summed E-state index contributed by atoms with van der Waals surface area (Å²) in [6.45, 7) is 2.87. The largest absolute Gasteiger partial charge is 0.374 e. The standard InChI is InChI=1S/C13H12Cl2N2O/c1-2-18-8-13-16-11(7-12(15)17-13)9-5-3-4-6-10(9)14/h3-7H,2,8H2,1H3. The van der Waals surface area contributed by atoms with E-state index < -0.39 is 0 Å². The number of rotatable bonds is 4. The maximum Gasteiger partial charge on any atom is 0.156 e. The molecular weight excluding hydrogens is 271 g/mol. The summed E-state index contributed by atoms with van der Waals surface area (Å²) in [6.07, 6.45) is 0.